The van der Waals surface area contributed by atoms with Gasteiger partial charge < -0.3 is 19.3 Å². The van der Waals surface area contributed by atoms with Gasteiger partial charge in [0.25, 0.3) is 5.91 Å². The predicted molar refractivity (Wildman–Crippen MR) is 128 cm³/mol. The number of carbonyl (C=O) groups is 2. The summed E-state index contributed by atoms with van der Waals surface area (Å²) in [5.41, 5.74) is 0.969. The van der Waals surface area contributed by atoms with Crippen LogP contribution in [0.2, 0.25) is 5.02 Å². The highest BCUT2D eigenvalue weighted by molar-refractivity contribution is 7.89. The number of hydrogen-bond donors (Lipinski definition) is 0. The first kappa shape index (κ1) is 25.8. The zero-order valence-corrected chi connectivity index (χ0v) is 20.9. The molecule has 184 valence electrons. The summed E-state index contributed by atoms with van der Waals surface area (Å²) in [5, 5.41) is 0.442. The topological polar surface area (TPSA) is 96.5 Å². The molecule has 2 aromatic rings. The molecule has 3 rings (SSSR count). The number of carbonyl (C=O) groups excluding carboxylic acids is 2. The van der Waals surface area contributed by atoms with Gasteiger partial charge in [-0.05, 0) is 49.4 Å². The van der Waals surface area contributed by atoms with Crippen molar-refractivity contribution in [3.05, 3.63) is 58.6 Å². The first-order chi connectivity index (χ1) is 16.2. The van der Waals surface area contributed by atoms with Crippen LogP contribution in [0.15, 0.2) is 47.4 Å². The Labute approximate surface area is 204 Å². The molecule has 0 bridgehead atoms. The maximum absolute atomic E-state index is 13.1. The zero-order valence-electron chi connectivity index (χ0n) is 19.4. The largest absolute Gasteiger partial charge is 0.496 e. The van der Waals surface area contributed by atoms with E-state index in [1.165, 1.54) is 42.7 Å². The molecule has 2 amide bonds. The lowest BCUT2D eigenvalue weighted by Crippen LogP contribution is -2.50. The maximum atomic E-state index is 13.1. The minimum Gasteiger partial charge on any atom is -0.496 e. The van der Waals surface area contributed by atoms with Crippen molar-refractivity contribution in [1.82, 2.24) is 14.1 Å². The van der Waals surface area contributed by atoms with Crippen LogP contribution in [0.1, 0.15) is 22.8 Å². The molecule has 34 heavy (non-hydrogen) atoms. The van der Waals surface area contributed by atoms with Gasteiger partial charge in [-0.2, -0.15) is 4.31 Å². The van der Waals surface area contributed by atoms with Gasteiger partial charge in [0.15, 0.2) is 0 Å². The number of nitrogens with zero attached hydrogens (tertiary/aromatic N) is 3. The van der Waals surface area contributed by atoms with Crippen LogP contribution in [0.25, 0.3) is 0 Å². The van der Waals surface area contributed by atoms with Crippen LogP contribution in [0.5, 0.6) is 5.75 Å². The second kappa shape index (κ2) is 11.1. The third kappa shape index (κ3) is 5.81. The number of rotatable bonds is 7. The molecule has 2 aromatic carbocycles. The zero-order chi connectivity index (χ0) is 24.9. The van der Waals surface area contributed by atoms with E-state index in [9.17, 15) is 18.0 Å². The average Bonchev–Trinajstić information content (AvgIpc) is 2.84. The minimum absolute atomic E-state index is 0.00584. The number of piperazine rings is 1. The highest BCUT2D eigenvalue weighted by atomic mass is 35.5. The van der Waals surface area contributed by atoms with Gasteiger partial charge in [0.1, 0.15) is 5.75 Å². The average molecular weight is 510 g/mol. The smallest absolute Gasteiger partial charge is 0.409 e. The third-order valence-corrected chi connectivity index (χ3v) is 7.60. The first-order valence-corrected chi connectivity index (χ1v) is 12.6. The molecule has 1 fully saturated rings. The van der Waals surface area contributed by atoms with E-state index < -0.39 is 10.0 Å². The summed E-state index contributed by atoms with van der Waals surface area (Å²) in [7, 11) is -0.824. The van der Waals surface area contributed by atoms with Gasteiger partial charge in [-0.15, -0.1) is 0 Å². The third-order valence-electron chi connectivity index (χ3n) is 5.54. The molecule has 9 nitrogen and oxygen atoms in total. The summed E-state index contributed by atoms with van der Waals surface area (Å²) in [6, 6.07) is 10.9. The molecule has 0 spiro atoms. The van der Waals surface area contributed by atoms with E-state index in [2.05, 4.69) is 0 Å². The molecule has 0 aliphatic carbocycles. The Balaban J connectivity index is 1.75. The van der Waals surface area contributed by atoms with Crippen LogP contribution in [-0.4, -0.2) is 81.5 Å². The molecule has 0 aromatic heterocycles. The van der Waals surface area contributed by atoms with Gasteiger partial charge in [0.05, 0.1) is 18.6 Å². The molecule has 1 heterocycles. The van der Waals surface area contributed by atoms with Crippen LogP contribution >= 0.6 is 11.6 Å². The molecule has 0 atom stereocenters. The van der Waals surface area contributed by atoms with Crippen LogP contribution < -0.4 is 4.74 Å². The van der Waals surface area contributed by atoms with Gasteiger partial charge in [0.2, 0.25) is 10.0 Å². The Morgan fingerprint density at radius 3 is 2.24 bits per heavy atom. The van der Waals surface area contributed by atoms with Crippen molar-refractivity contribution in [3.8, 4) is 5.75 Å². The number of methoxy groups -OCH3 is 1. The van der Waals surface area contributed by atoms with Crippen molar-refractivity contribution in [2.75, 3.05) is 46.9 Å². The minimum atomic E-state index is -3.78. The lowest BCUT2D eigenvalue weighted by atomic mass is 10.1. The van der Waals surface area contributed by atoms with E-state index >= 15 is 0 Å². The van der Waals surface area contributed by atoms with E-state index in [-0.39, 0.29) is 23.4 Å². The Morgan fingerprint density at radius 2 is 1.65 bits per heavy atom. The molecule has 0 saturated carbocycles. The van der Waals surface area contributed by atoms with Crippen LogP contribution in [-0.2, 0) is 21.3 Å². The Bertz CT molecular complexity index is 1130. The molecule has 1 aliphatic rings. The van der Waals surface area contributed by atoms with E-state index in [1.54, 1.807) is 34.9 Å². The normalized spacial score (nSPS) is 14.3. The lowest BCUT2D eigenvalue weighted by Gasteiger charge is -2.34. The summed E-state index contributed by atoms with van der Waals surface area (Å²) in [5.74, 6) is 0.275. The number of amides is 2. The van der Waals surface area contributed by atoms with Crippen molar-refractivity contribution in [1.29, 1.82) is 0 Å². The number of ether oxygens (including phenoxy) is 2. The number of hydrogen-bond acceptors (Lipinski definition) is 6. The molecule has 1 aliphatic heterocycles. The molecule has 11 heteroatoms. The van der Waals surface area contributed by atoms with Crippen molar-refractivity contribution in [2.24, 2.45) is 0 Å². The van der Waals surface area contributed by atoms with E-state index in [4.69, 9.17) is 21.1 Å². The highest BCUT2D eigenvalue weighted by Crippen LogP contribution is 2.25. The maximum Gasteiger partial charge on any atom is 0.409 e. The summed E-state index contributed by atoms with van der Waals surface area (Å²) >= 11 is 5.87. The Kier molecular flexibility index (Phi) is 8.40. The quantitative estimate of drug-likeness (QED) is 0.569. The lowest BCUT2D eigenvalue weighted by molar-refractivity contribution is 0.0570. The highest BCUT2D eigenvalue weighted by Gasteiger charge is 2.27. The Morgan fingerprint density at radius 1 is 1.03 bits per heavy atom. The fourth-order valence-electron chi connectivity index (χ4n) is 3.64. The standard InChI is InChI=1S/C23H28ClN3O6S/c1-4-33-23(29)27-13-11-26(12-14-27)22(28)17-5-10-21(32-3)18(15-17)16-25(2)34(30,31)20-8-6-19(24)7-9-20/h5-10,15H,4,11-14,16H2,1-3H3. The summed E-state index contributed by atoms with van der Waals surface area (Å²) in [6.07, 6.45) is -0.383. The van der Waals surface area contributed by atoms with Gasteiger partial charge in [-0.3, -0.25) is 4.79 Å². The van der Waals surface area contributed by atoms with Gasteiger partial charge in [-0.25, -0.2) is 13.2 Å². The molecular weight excluding hydrogens is 482 g/mol. The summed E-state index contributed by atoms with van der Waals surface area (Å²) in [6.45, 7) is 3.58. The van der Waals surface area contributed by atoms with E-state index in [1.807, 2.05) is 0 Å². The second-order valence-electron chi connectivity index (χ2n) is 7.72. The predicted octanol–water partition coefficient (Wildman–Crippen LogP) is 3.08. The monoisotopic (exact) mass is 509 g/mol. The molecule has 1 saturated heterocycles. The molecular formula is C23H28ClN3O6S. The van der Waals surface area contributed by atoms with Crippen molar-refractivity contribution >= 4 is 33.6 Å². The second-order valence-corrected chi connectivity index (χ2v) is 10.2. The number of halogens is 1. The van der Waals surface area contributed by atoms with E-state index in [0.29, 0.717) is 54.7 Å². The summed E-state index contributed by atoms with van der Waals surface area (Å²) < 4.78 is 37.6. The molecule has 0 N–H and O–H groups in total. The molecule has 0 unspecified atom stereocenters. The van der Waals surface area contributed by atoms with Crippen LogP contribution in [0.3, 0.4) is 0 Å². The fraction of sp³-hybridized carbons (Fsp3) is 0.391. The van der Waals surface area contributed by atoms with Crippen LogP contribution in [0, 0.1) is 0 Å². The van der Waals surface area contributed by atoms with Crippen molar-refractivity contribution in [2.45, 2.75) is 18.4 Å². The van der Waals surface area contributed by atoms with Crippen molar-refractivity contribution < 1.29 is 27.5 Å². The summed E-state index contributed by atoms with van der Waals surface area (Å²) in [4.78, 5) is 28.3. The van der Waals surface area contributed by atoms with Gasteiger partial charge in [0, 0.05) is 55.9 Å². The Hall–Kier alpha value is -2.82. The van der Waals surface area contributed by atoms with Gasteiger partial charge in [-0.1, -0.05) is 11.6 Å². The number of sulfonamides is 1. The fourth-order valence-corrected chi connectivity index (χ4v) is 4.91. The SMILES string of the molecule is CCOC(=O)N1CCN(C(=O)c2ccc(OC)c(CN(C)S(=O)(=O)c3ccc(Cl)cc3)c2)CC1. The van der Waals surface area contributed by atoms with Crippen LogP contribution in [0.4, 0.5) is 4.79 Å². The molecule has 0 radical (unpaired) electrons. The van der Waals surface area contributed by atoms with E-state index in [0.717, 1.165) is 0 Å². The first-order valence-electron chi connectivity index (χ1n) is 10.8. The number of benzene rings is 2. The van der Waals surface area contributed by atoms with Crippen molar-refractivity contribution in [3.63, 3.8) is 0 Å². The van der Waals surface area contributed by atoms with Gasteiger partial charge >= 0.3 is 6.09 Å².